The number of fused-ring (bicyclic) bond motifs is 1. The highest BCUT2D eigenvalue weighted by atomic mass is 19.4. The van der Waals surface area contributed by atoms with Gasteiger partial charge in [0.2, 0.25) is 0 Å². The molecule has 3 heterocycles. The summed E-state index contributed by atoms with van der Waals surface area (Å²) in [5.41, 5.74) is 0.0546. The molecule has 0 bridgehead atoms. The zero-order chi connectivity index (χ0) is 17.2. The fourth-order valence-corrected chi connectivity index (χ4v) is 2.79. The van der Waals surface area contributed by atoms with Crippen molar-refractivity contribution in [2.24, 2.45) is 5.92 Å². The number of alkyl halides is 3. The van der Waals surface area contributed by atoms with Gasteiger partial charge in [0.25, 0.3) is 5.82 Å². The van der Waals surface area contributed by atoms with E-state index in [0.29, 0.717) is 22.8 Å². The fraction of sp³-hybridized carbons (Fsp3) is 0.643. The molecule has 0 spiro atoms. The van der Waals surface area contributed by atoms with Crippen molar-refractivity contribution in [3.8, 4) is 0 Å². The first-order valence-corrected chi connectivity index (χ1v) is 7.84. The summed E-state index contributed by atoms with van der Waals surface area (Å²) in [6.45, 7) is 3.42. The molecule has 1 aliphatic heterocycles. The van der Waals surface area contributed by atoms with Crippen LogP contribution in [-0.4, -0.2) is 62.6 Å². The van der Waals surface area contributed by atoms with E-state index in [9.17, 15) is 13.2 Å². The quantitative estimate of drug-likeness (QED) is 0.850. The summed E-state index contributed by atoms with van der Waals surface area (Å²) in [4.78, 5) is 2.26. The molecule has 0 saturated carbocycles. The number of anilines is 1. The van der Waals surface area contributed by atoms with E-state index in [0.717, 1.165) is 32.5 Å². The number of halogens is 3. The second-order valence-electron chi connectivity index (χ2n) is 5.90. The van der Waals surface area contributed by atoms with Crippen molar-refractivity contribution >= 4 is 11.5 Å². The number of nitrogens with one attached hydrogen (secondary N) is 1. The standard InChI is InChI=1S/C14H19F3N6O/c15-14(16,17)13-20-19-12-2-1-11(21-23(12)13)18-5-8-22-6-3-10(9-24)4-7-22/h1-2,10,24H,3-9H2,(H,18,21). The Morgan fingerprint density at radius 1 is 1.21 bits per heavy atom. The normalized spacial score (nSPS) is 17.5. The largest absolute Gasteiger partial charge is 0.453 e. The lowest BCUT2D eigenvalue weighted by atomic mass is 9.98. The van der Waals surface area contributed by atoms with E-state index in [1.807, 2.05) is 0 Å². The third kappa shape index (κ3) is 3.75. The van der Waals surface area contributed by atoms with Crippen LogP contribution in [0.1, 0.15) is 18.7 Å². The minimum Gasteiger partial charge on any atom is -0.396 e. The van der Waals surface area contributed by atoms with Crippen molar-refractivity contribution < 1.29 is 18.3 Å². The summed E-state index contributed by atoms with van der Waals surface area (Å²) in [5, 5.41) is 22.7. The van der Waals surface area contributed by atoms with Crippen molar-refractivity contribution in [3.63, 3.8) is 0 Å². The van der Waals surface area contributed by atoms with Crippen LogP contribution in [0.4, 0.5) is 19.0 Å². The first-order valence-electron chi connectivity index (χ1n) is 7.84. The second-order valence-corrected chi connectivity index (χ2v) is 5.90. The van der Waals surface area contributed by atoms with Crippen molar-refractivity contribution in [3.05, 3.63) is 18.0 Å². The van der Waals surface area contributed by atoms with Gasteiger partial charge in [-0.25, -0.2) is 0 Å². The van der Waals surface area contributed by atoms with Crippen LogP contribution in [0.5, 0.6) is 0 Å². The number of aliphatic hydroxyl groups is 1. The van der Waals surface area contributed by atoms with Gasteiger partial charge in [0.05, 0.1) is 0 Å². The third-order valence-electron chi connectivity index (χ3n) is 4.22. The van der Waals surface area contributed by atoms with Gasteiger partial charge in [-0.05, 0) is 44.0 Å². The molecule has 0 aromatic carbocycles. The topological polar surface area (TPSA) is 78.6 Å². The number of nitrogens with zero attached hydrogens (tertiary/aromatic N) is 5. The van der Waals surface area contributed by atoms with Gasteiger partial charge in [0, 0.05) is 19.7 Å². The molecule has 1 saturated heterocycles. The molecule has 1 aliphatic rings. The van der Waals surface area contributed by atoms with E-state index in [1.54, 1.807) is 6.07 Å². The van der Waals surface area contributed by atoms with Gasteiger partial charge in [0.1, 0.15) is 5.82 Å². The zero-order valence-corrected chi connectivity index (χ0v) is 13.0. The molecule has 2 aromatic rings. The third-order valence-corrected chi connectivity index (χ3v) is 4.22. The molecule has 0 atom stereocenters. The van der Waals surface area contributed by atoms with Crippen molar-refractivity contribution in [2.45, 2.75) is 19.0 Å². The Bertz CT molecular complexity index is 681. The van der Waals surface area contributed by atoms with E-state index < -0.39 is 12.0 Å². The highest BCUT2D eigenvalue weighted by Gasteiger charge is 2.37. The van der Waals surface area contributed by atoms with Crippen LogP contribution < -0.4 is 5.32 Å². The molecule has 132 valence electrons. The van der Waals surface area contributed by atoms with Crippen LogP contribution in [0.3, 0.4) is 0 Å². The number of rotatable bonds is 5. The van der Waals surface area contributed by atoms with Gasteiger partial charge in [-0.3, -0.25) is 0 Å². The fourth-order valence-electron chi connectivity index (χ4n) is 2.79. The SMILES string of the molecule is OCC1CCN(CCNc2ccc3nnc(C(F)(F)F)n3n2)CC1. The van der Waals surface area contributed by atoms with Crippen LogP contribution in [0.2, 0.25) is 0 Å². The predicted octanol–water partition coefficient (Wildman–Crippen LogP) is 1.26. The number of aliphatic hydroxyl groups excluding tert-OH is 1. The van der Waals surface area contributed by atoms with Gasteiger partial charge in [-0.1, -0.05) is 0 Å². The number of hydrogen-bond acceptors (Lipinski definition) is 6. The van der Waals surface area contributed by atoms with E-state index in [-0.39, 0.29) is 12.3 Å². The van der Waals surface area contributed by atoms with Crippen LogP contribution in [-0.2, 0) is 6.18 Å². The molecule has 10 heteroatoms. The Kier molecular flexibility index (Phi) is 4.86. The number of piperidine rings is 1. The Morgan fingerprint density at radius 3 is 2.62 bits per heavy atom. The van der Waals surface area contributed by atoms with Crippen molar-refractivity contribution in [2.75, 3.05) is 38.1 Å². The van der Waals surface area contributed by atoms with E-state index >= 15 is 0 Å². The van der Waals surface area contributed by atoms with E-state index in [4.69, 9.17) is 5.11 Å². The monoisotopic (exact) mass is 344 g/mol. The van der Waals surface area contributed by atoms with Crippen LogP contribution >= 0.6 is 0 Å². The Labute approximate surface area is 136 Å². The summed E-state index contributed by atoms with van der Waals surface area (Å²) in [6, 6.07) is 3.03. The summed E-state index contributed by atoms with van der Waals surface area (Å²) in [5.74, 6) is -0.405. The summed E-state index contributed by atoms with van der Waals surface area (Å²) in [6.07, 6.45) is -2.66. The van der Waals surface area contributed by atoms with Crippen LogP contribution in [0.15, 0.2) is 12.1 Å². The minimum absolute atomic E-state index is 0.0546. The van der Waals surface area contributed by atoms with Crippen molar-refractivity contribution in [1.82, 2.24) is 24.7 Å². The highest BCUT2D eigenvalue weighted by molar-refractivity contribution is 5.44. The maximum Gasteiger partial charge on any atom is 0.453 e. The Morgan fingerprint density at radius 2 is 1.96 bits per heavy atom. The molecular weight excluding hydrogens is 325 g/mol. The molecule has 24 heavy (non-hydrogen) atoms. The Hall–Kier alpha value is -1.94. The average molecular weight is 344 g/mol. The summed E-state index contributed by atoms with van der Waals surface area (Å²) in [7, 11) is 0. The van der Waals surface area contributed by atoms with E-state index in [1.165, 1.54) is 6.07 Å². The zero-order valence-electron chi connectivity index (χ0n) is 13.0. The first kappa shape index (κ1) is 16.9. The van der Waals surface area contributed by atoms with Crippen molar-refractivity contribution in [1.29, 1.82) is 0 Å². The molecule has 1 fully saturated rings. The second kappa shape index (κ2) is 6.89. The molecule has 2 N–H and O–H groups in total. The smallest absolute Gasteiger partial charge is 0.396 e. The average Bonchev–Trinajstić information content (AvgIpc) is 2.99. The lowest BCUT2D eigenvalue weighted by Gasteiger charge is -2.30. The lowest BCUT2D eigenvalue weighted by molar-refractivity contribution is -0.146. The van der Waals surface area contributed by atoms with Crippen LogP contribution in [0.25, 0.3) is 5.65 Å². The molecule has 0 unspecified atom stereocenters. The molecule has 0 amide bonds. The van der Waals surface area contributed by atoms with E-state index in [2.05, 4.69) is 25.5 Å². The predicted molar refractivity (Wildman–Crippen MR) is 80.5 cm³/mol. The van der Waals surface area contributed by atoms with Crippen LogP contribution in [0, 0.1) is 5.92 Å². The summed E-state index contributed by atoms with van der Waals surface area (Å²) >= 11 is 0. The van der Waals surface area contributed by atoms with Gasteiger partial charge in [-0.2, -0.15) is 17.7 Å². The molecule has 7 nitrogen and oxygen atoms in total. The molecule has 0 aliphatic carbocycles. The molecule has 0 radical (unpaired) electrons. The molecular formula is C14H19F3N6O. The molecule has 3 rings (SSSR count). The first-order chi connectivity index (χ1) is 11.5. The van der Waals surface area contributed by atoms with Gasteiger partial charge in [-0.15, -0.1) is 15.3 Å². The highest BCUT2D eigenvalue weighted by Crippen LogP contribution is 2.27. The number of hydrogen-bond donors (Lipinski definition) is 2. The maximum atomic E-state index is 12.8. The van der Waals surface area contributed by atoms with Gasteiger partial charge in [0.15, 0.2) is 5.65 Å². The lowest BCUT2D eigenvalue weighted by Crippen LogP contribution is -2.37. The maximum absolute atomic E-state index is 12.8. The number of likely N-dealkylation sites (tertiary alicyclic amines) is 1. The molecule has 2 aromatic heterocycles. The van der Waals surface area contributed by atoms with Gasteiger partial charge >= 0.3 is 6.18 Å². The number of aromatic nitrogens is 4. The minimum atomic E-state index is -4.60. The summed E-state index contributed by atoms with van der Waals surface area (Å²) < 4.78 is 39.2. The van der Waals surface area contributed by atoms with Gasteiger partial charge < -0.3 is 15.3 Å². The Balaban J connectivity index is 1.58.